The van der Waals surface area contributed by atoms with Crippen molar-refractivity contribution in [2.45, 2.75) is 32.2 Å². The average molecular weight is 311 g/mol. The third kappa shape index (κ3) is 3.34. The summed E-state index contributed by atoms with van der Waals surface area (Å²) in [4.78, 5) is 0. The molecule has 2 aromatic rings. The highest BCUT2D eigenvalue weighted by Gasteiger charge is 2.22. The molecule has 1 aromatic heterocycles. The number of hydrogen-bond acceptors (Lipinski definition) is 5. The zero-order valence-electron chi connectivity index (χ0n) is 11.1. The summed E-state index contributed by atoms with van der Waals surface area (Å²) in [7, 11) is -3.19. The lowest BCUT2D eigenvalue weighted by molar-refractivity contribution is 0.547. The van der Waals surface area contributed by atoms with Crippen LogP contribution in [-0.4, -0.2) is 22.9 Å². The first-order valence-corrected chi connectivity index (χ1v) is 9.19. The van der Waals surface area contributed by atoms with Crippen LogP contribution in [0, 0.1) is 5.92 Å². The minimum Gasteiger partial charge on any atom is -0.212 e. The van der Waals surface area contributed by atoms with Crippen molar-refractivity contribution in [3.05, 3.63) is 23.8 Å². The van der Waals surface area contributed by atoms with E-state index >= 15 is 0 Å². The summed E-state index contributed by atoms with van der Waals surface area (Å²) in [5.74, 6) is 0.589. The van der Waals surface area contributed by atoms with Gasteiger partial charge in [-0.1, -0.05) is 18.9 Å². The van der Waals surface area contributed by atoms with Crippen molar-refractivity contribution in [2.75, 3.05) is 5.75 Å². The molecular formula is C13H17N3O2S2. The first-order valence-electron chi connectivity index (χ1n) is 6.81. The van der Waals surface area contributed by atoms with Crippen molar-refractivity contribution >= 4 is 32.8 Å². The van der Waals surface area contributed by atoms with Crippen molar-refractivity contribution in [3.8, 4) is 0 Å². The minimum absolute atomic E-state index is 0.257. The quantitative estimate of drug-likeness (QED) is 0.919. The number of nitrogens with zero attached hydrogens (tertiary/aromatic N) is 2. The highest BCUT2D eigenvalue weighted by atomic mass is 32.2. The SMILES string of the molecule is O=S(=O)(CC1CCCC1)NCc1ccc2nsnc2c1. The Morgan fingerprint density at radius 3 is 2.75 bits per heavy atom. The molecule has 20 heavy (non-hydrogen) atoms. The smallest absolute Gasteiger partial charge is 0.212 e. The van der Waals surface area contributed by atoms with Gasteiger partial charge in [-0.05, 0) is 36.5 Å². The fourth-order valence-corrected chi connectivity index (χ4v) is 4.65. The predicted octanol–water partition coefficient (Wildman–Crippen LogP) is 2.30. The van der Waals surface area contributed by atoms with Crippen LogP contribution >= 0.6 is 11.7 Å². The van der Waals surface area contributed by atoms with Crippen LogP contribution < -0.4 is 4.72 Å². The maximum absolute atomic E-state index is 12.0. The van der Waals surface area contributed by atoms with E-state index in [1.54, 1.807) is 0 Å². The summed E-state index contributed by atoms with van der Waals surface area (Å²) in [5.41, 5.74) is 2.59. The lowest BCUT2D eigenvalue weighted by Gasteiger charge is -2.11. The zero-order valence-corrected chi connectivity index (χ0v) is 12.7. The molecule has 0 saturated heterocycles. The Morgan fingerprint density at radius 2 is 1.95 bits per heavy atom. The number of hydrogen-bond donors (Lipinski definition) is 1. The molecule has 0 bridgehead atoms. The normalized spacial score (nSPS) is 17.0. The maximum Gasteiger partial charge on any atom is 0.212 e. The fourth-order valence-electron chi connectivity index (χ4n) is 2.68. The molecule has 1 aliphatic carbocycles. The molecule has 3 rings (SSSR count). The van der Waals surface area contributed by atoms with E-state index in [9.17, 15) is 8.42 Å². The van der Waals surface area contributed by atoms with E-state index in [1.165, 1.54) is 11.7 Å². The molecule has 1 aliphatic rings. The van der Waals surface area contributed by atoms with Gasteiger partial charge in [-0.3, -0.25) is 0 Å². The molecular weight excluding hydrogens is 294 g/mol. The second-order valence-corrected chi connectivity index (χ2v) is 7.72. The summed E-state index contributed by atoms with van der Waals surface area (Å²) >= 11 is 1.17. The van der Waals surface area contributed by atoms with E-state index in [2.05, 4.69) is 13.5 Å². The largest absolute Gasteiger partial charge is 0.212 e. The second kappa shape index (κ2) is 5.75. The van der Waals surface area contributed by atoms with Crippen LogP contribution in [0.1, 0.15) is 31.2 Å². The van der Waals surface area contributed by atoms with Gasteiger partial charge in [0.05, 0.1) is 17.5 Å². The molecule has 7 heteroatoms. The molecule has 0 unspecified atom stereocenters. The van der Waals surface area contributed by atoms with E-state index in [1.807, 2.05) is 18.2 Å². The number of benzene rings is 1. The molecule has 0 spiro atoms. The molecule has 5 nitrogen and oxygen atoms in total. The Hall–Kier alpha value is -1.05. The van der Waals surface area contributed by atoms with Crippen LogP contribution in [0.2, 0.25) is 0 Å². The Balaban J connectivity index is 1.62. The second-order valence-electron chi connectivity index (χ2n) is 5.34. The molecule has 0 atom stereocenters. The van der Waals surface area contributed by atoms with Gasteiger partial charge >= 0.3 is 0 Å². The van der Waals surface area contributed by atoms with E-state index < -0.39 is 10.0 Å². The molecule has 1 saturated carbocycles. The Labute approximate surface area is 122 Å². The molecule has 1 aromatic carbocycles. The third-order valence-corrected chi connectivity index (χ3v) is 5.80. The Bertz CT molecular complexity index is 690. The summed E-state index contributed by atoms with van der Waals surface area (Å²) < 4.78 is 35.0. The van der Waals surface area contributed by atoms with Crippen molar-refractivity contribution in [1.29, 1.82) is 0 Å². The van der Waals surface area contributed by atoms with Gasteiger partial charge in [-0.25, -0.2) is 13.1 Å². The maximum atomic E-state index is 12.0. The van der Waals surface area contributed by atoms with Crippen molar-refractivity contribution < 1.29 is 8.42 Å². The van der Waals surface area contributed by atoms with Gasteiger partial charge < -0.3 is 0 Å². The van der Waals surface area contributed by atoms with Crippen molar-refractivity contribution in [3.63, 3.8) is 0 Å². The van der Waals surface area contributed by atoms with Crippen LogP contribution in [-0.2, 0) is 16.6 Å². The molecule has 1 fully saturated rings. The van der Waals surface area contributed by atoms with E-state index in [0.29, 0.717) is 12.5 Å². The Kier molecular flexibility index (Phi) is 4.00. The molecule has 108 valence electrons. The predicted molar refractivity (Wildman–Crippen MR) is 80.0 cm³/mol. The van der Waals surface area contributed by atoms with Gasteiger partial charge in [0.15, 0.2) is 0 Å². The monoisotopic (exact) mass is 311 g/mol. The summed E-state index contributed by atoms with van der Waals surface area (Å²) in [6.45, 7) is 0.322. The van der Waals surface area contributed by atoms with E-state index in [0.717, 1.165) is 42.3 Å². The summed E-state index contributed by atoms with van der Waals surface area (Å²) in [5, 5.41) is 0. The highest BCUT2D eigenvalue weighted by Crippen LogP contribution is 2.25. The lowest BCUT2D eigenvalue weighted by Crippen LogP contribution is -2.28. The van der Waals surface area contributed by atoms with Crippen molar-refractivity contribution in [2.24, 2.45) is 5.92 Å². The first kappa shape index (κ1) is 13.9. The van der Waals surface area contributed by atoms with Crippen molar-refractivity contribution in [1.82, 2.24) is 13.5 Å². The standard InChI is InChI=1S/C13H17N3O2S2/c17-20(18,9-10-3-1-2-4-10)14-8-11-5-6-12-13(7-11)16-19-15-12/h5-7,10,14H,1-4,8-9H2. The zero-order chi connectivity index (χ0) is 14.0. The van der Waals surface area contributed by atoms with Gasteiger partial charge in [-0.15, -0.1) is 0 Å². The molecule has 1 N–H and O–H groups in total. The van der Waals surface area contributed by atoms with Gasteiger partial charge in [-0.2, -0.15) is 8.75 Å². The van der Waals surface area contributed by atoms with Gasteiger partial charge in [0.2, 0.25) is 10.0 Å². The van der Waals surface area contributed by atoms with Crippen LogP contribution in [0.15, 0.2) is 18.2 Å². The van der Waals surface area contributed by atoms with Gasteiger partial charge in [0, 0.05) is 6.54 Å². The van der Waals surface area contributed by atoms with Gasteiger partial charge in [0.25, 0.3) is 0 Å². The Morgan fingerprint density at radius 1 is 1.20 bits per heavy atom. The van der Waals surface area contributed by atoms with Crippen LogP contribution in [0.25, 0.3) is 11.0 Å². The number of nitrogens with one attached hydrogen (secondary N) is 1. The number of fused-ring (bicyclic) bond motifs is 1. The van der Waals surface area contributed by atoms with Crippen LogP contribution in [0.4, 0.5) is 0 Å². The topological polar surface area (TPSA) is 72.0 Å². The molecule has 1 heterocycles. The van der Waals surface area contributed by atoms with Gasteiger partial charge in [0.1, 0.15) is 11.0 Å². The highest BCUT2D eigenvalue weighted by molar-refractivity contribution is 7.89. The molecule has 0 amide bonds. The van der Waals surface area contributed by atoms with Crippen LogP contribution in [0.3, 0.4) is 0 Å². The number of aromatic nitrogens is 2. The average Bonchev–Trinajstić information content (AvgIpc) is 3.06. The summed E-state index contributed by atoms with van der Waals surface area (Å²) in [6, 6.07) is 5.65. The molecule has 0 radical (unpaired) electrons. The van der Waals surface area contributed by atoms with E-state index in [-0.39, 0.29) is 5.75 Å². The fraction of sp³-hybridized carbons (Fsp3) is 0.538. The third-order valence-electron chi connectivity index (χ3n) is 3.74. The minimum atomic E-state index is -3.19. The van der Waals surface area contributed by atoms with Crippen LogP contribution in [0.5, 0.6) is 0 Å². The number of rotatable bonds is 5. The lowest BCUT2D eigenvalue weighted by atomic mass is 10.1. The van der Waals surface area contributed by atoms with E-state index in [4.69, 9.17) is 0 Å². The molecule has 0 aliphatic heterocycles. The number of sulfonamides is 1. The summed E-state index contributed by atoms with van der Waals surface area (Å²) in [6.07, 6.45) is 4.40. The first-order chi connectivity index (χ1) is 9.62.